The van der Waals surface area contributed by atoms with Gasteiger partial charge in [0.05, 0.1) is 10.6 Å². The van der Waals surface area contributed by atoms with Gasteiger partial charge in [-0.25, -0.2) is 9.37 Å². The van der Waals surface area contributed by atoms with Crippen LogP contribution in [0.4, 0.5) is 14.7 Å². The quantitative estimate of drug-likeness (QED) is 0.787. The molecular formula is C14H12FN5OS2. The van der Waals surface area contributed by atoms with E-state index < -0.39 is 0 Å². The number of aryl methyl sites for hydroxylation is 1. The minimum Gasteiger partial charge on any atom is -0.346 e. The van der Waals surface area contributed by atoms with E-state index in [1.54, 1.807) is 6.07 Å². The molecule has 0 bridgehead atoms. The summed E-state index contributed by atoms with van der Waals surface area (Å²) in [5.74, 6) is -0.493. The van der Waals surface area contributed by atoms with E-state index in [4.69, 9.17) is 0 Å². The van der Waals surface area contributed by atoms with E-state index in [0.717, 1.165) is 14.8 Å². The molecule has 0 spiro atoms. The van der Waals surface area contributed by atoms with Gasteiger partial charge in [0, 0.05) is 13.1 Å². The Balaban J connectivity index is 1.42. The zero-order valence-electron chi connectivity index (χ0n) is 12.1. The van der Waals surface area contributed by atoms with E-state index in [9.17, 15) is 9.18 Å². The van der Waals surface area contributed by atoms with E-state index in [2.05, 4.69) is 20.5 Å². The number of rotatable bonds is 3. The molecule has 0 aliphatic carbocycles. The van der Waals surface area contributed by atoms with Crippen LogP contribution in [0, 0.1) is 18.7 Å². The third kappa shape index (κ3) is 2.66. The van der Waals surface area contributed by atoms with Crippen molar-refractivity contribution >= 4 is 49.1 Å². The van der Waals surface area contributed by atoms with Gasteiger partial charge >= 0.3 is 0 Å². The Kier molecular flexibility index (Phi) is 3.46. The molecule has 118 valence electrons. The maximum Gasteiger partial charge on any atom is 0.232 e. The zero-order chi connectivity index (χ0) is 16.0. The normalized spacial score (nSPS) is 15.0. The standard InChI is InChI=1S/C14H12FN5OS2/c1-7-18-19-13(22-7)17-12(21)8-5-20(6-8)14-16-11-9(15)3-2-4-10(11)23-14/h2-4,8H,5-6H2,1H3,(H,17,19,21). The molecule has 1 amide bonds. The van der Waals surface area contributed by atoms with Crippen molar-refractivity contribution in [1.82, 2.24) is 15.2 Å². The van der Waals surface area contributed by atoms with Gasteiger partial charge in [-0.3, -0.25) is 4.79 Å². The predicted molar refractivity (Wildman–Crippen MR) is 88.6 cm³/mol. The van der Waals surface area contributed by atoms with Gasteiger partial charge in [0.25, 0.3) is 0 Å². The largest absolute Gasteiger partial charge is 0.346 e. The molecule has 1 saturated heterocycles. The van der Waals surface area contributed by atoms with Crippen LogP contribution < -0.4 is 10.2 Å². The van der Waals surface area contributed by atoms with Crippen molar-refractivity contribution in [2.24, 2.45) is 5.92 Å². The van der Waals surface area contributed by atoms with Crippen LogP contribution in [0.2, 0.25) is 0 Å². The average molecular weight is 349 g/mol. The number of nitrogens with zero attached hydrogens (tertiary/aromatic N) is 4. The number of thiazole rings is 1. The summed E-state index contributed by atoms with van der Waals surface area (Å²) in [5.41, 5.74) is 0.393. The molecule has 3 heterocycles. The van der Waals surface area contributed by atoms with Crippen LogP contribution in [0.25, 0.3) is 10.2 Å². The topological polar surface area (TPSA) is 71.0 Å². The molecule has 23 heavy (non-hydrogen) atoms. The highest BCUT2D eigenvalue weighted by molar-refractivity contribution is 7.22. The highest BCUT2D eigenvalue weighted by Gasteiger charge is 2.35. The lowest BCUT2D eigenvalue weighted by Gasteiger charge is -2.37. The van der Waals surface area contributed by atoms with Crippen molar-refractivity contribution < 1.29 is 9.18 Å². The van der Waals surface area contributed by atoms with Crippen molar-refractivity contribution in [1.29, 1.82) is 0 Å². The number of para-hydroxylation sites is 1. The van der Waals surface area contributed by atoms with E-state index in [1.807, 2.05) is 17.9 Å². The number of anilines is 2. The van der Waals surface area contributed by atoms with Crippen molar-refractivity contribution in [2.75, 3.05) is 23.3 Å². The fourth-order valence-corrected chi connectivity index (χ4v) is 3.99. The number of carbonyl (C=O) groups is 1. The number of nitrogens with one attached hydrogen (secondary N) is 1. The molecule has 0 unspecified atom stereocenters. The Morgan fingerprint density at radius 1 is 1.35 bits per heavy atom. The van der Waals surface area contributed by atoms with E-state index in [0.29, 0.717) is 23.7 Å². The van der Waals surface area contributed by atoms with E-state index in [1.165, 1.54) is 28.7 Å². The minimum atomic E-state index is -0.313. The second-order valence-electron chi connectivity index (χ2n) is 5.30. The summed E-state index contributed by atoms with van der Waals surface area (Å²) >= 11 is 2.79. The van der Waals surface area contributed by atoms with Gasteiger partial charge in [0.2, 0.25) is 11.0 Å². The molecule has 0 atom stereocenters. The summed E-state index contributed by atoms with van der Waals surface area (Å²) in [4.78, 5) is 18.4. The van der Waals surface area contributed by atoms with Crippen LogP contribution in [0.5, 0.6) is 0 Å². The fraction of sp³-hybridized carbons (Fsp3) is 0.286. The molecule has 1 aliphatic heterocycles. The van der Waals surface area contributed by atoms with Crippen LogP contribution in [-0.2, 0) is 4.79 Å². The summed E-state index contributed by atoms with van der Waals surface area (Å²) in [6.07, 6.45) is 0. The maximum absolute atomic E-state index is 13.7. The third-order valence-corrected chi connectivity index (χ3v) is 5.47. The molecule has 6 nitrogen and oxygen atoms in total. The first-order valence-electron chi connectivity index (χ1n) is 7.01. The summed E-state index contributed by atoms with van der Waals surface area (Å²) in [7, 11) is 0. The first-order valence-corrected chi connectivity index (χ1v) is 8.64. The first-order chi connectivity index (χ1) is 11.1. The molecule has 1 aliphatic rings. The number of carbonyl (C=O) groups excluding carboxylic acids is 1. The highest BCUT2D eigenvalue weighted by atomic mass is 32.1. The van der Waals surface area contributed by atoms with Crippen LogP contribution >= 0.6 is 22.7 Å². The molecular weight excluding hydrogens is 337 g/mol. The zero-order valence-corrected chi connectivity index (χ0v) is 13.7. The fourth-order valence-electron chi connectivity index (χ4n) is 2.39. The SMILES string of the molecule is Cc1nnc(NC(=O)C2CN(c3nc4c(F)cccc4s3)C2)s1. The molecule has 4 rings (SSSR count). The number of benzene rings is 1. The average Bonchev–Trinajstić information content (AvgIpc) is 3.04. The molecule has 1 N–H and O–H groups in total. The van der Waals surface area contributed by atoms with Gasteiger partial charge in [0.15, 0.2) is 5.13 Å². The first kappa shape index (κ1) is 14.5. The molecule has 1 fully saturated rings. The van der Waals surface area contributed by atoms with Gasteiger partial charge in [-0.2, -0.15) is 0 Å². The Morgan fingerprint density at radius 2 is 2.17 bits per heavy atom. The van der Waals surface area contributed by atoms with Crippen molar-refractivity contribution in [3.05, 3.63) is 29.0 Å². The monoisotopic (exact) mass is 349 g/mol. The molecule has 9 heteroatoms. The maximum atomic E-state index is 13.7. The molecule has 1 aromatic carbocycles. The number of aromatic nitrogens is 3. The summed E-state index contributed by atoms with van der Waals surface area (Å²) in [6, 6.07) is 4.93. The Hall–Kier alpha value is -2.13. The van der Waals surface area contributed by atoms with Crippen LogP contribution in [-0.4, -0.2) is 34.2 Å². The second-order valence-corrected chi connectivity index (χ2v) is 7.49. The van der Waals surface area contributed by atoms with Crippen LogP contribution in [0.1, 0.15) is 5.01 Å². The minimum absolute atomic E-state index is 0.0651. The van der Waals surface area contributed by atoms with Crippen molar-refractivity contribution in [3.63, 3.8) is 0 Å². The Labute approximate surface area is 139 Å². The number of hydrogen-bond donors (Lipinski definition) is 1. The van der Waals surface area contributed by atoms with Gasteiger partial charge in [-0.05, 0) is 19.1 Å². The number of amides is 1. The van der Waals surface area contributed by atoms with Crippen molar-refractivity contribution in [2.45, 2.75) is 6.92 Å². The van der Waals surface area contributed by atoms with E-state index >= 15 is 0 Å². The second kappa shape index (κ2) is 5.50. The summed E-state index contributed by atoms with van der Waals surface area (Å²) in [5, 5.41) is 12.6. The lowest BCUT2D eigenvalue weighted by Crippen LogP contribution is -2.52. The van der Waals surface area contributed by atoms with Crippen LogP contribution in [0.3, 0.4) is 0 Å². The van der Waals surface area contributed by atoms with Gasteiger partial charge in [-0.1, -0.05) is 28.7 Å². The summed E-state index contributed by atoms with van der Waals surface area (Å²) < 4.78 is 14.5. The van der Waals surface area contributed by atoms with E-state index in [-0.39, 0.29) is 17.6 Å². The predicted octanol–water partition coefficient (Wildman–Crippen LogP) is 2.67. The molecule has 3 aromatic rings. The third-order valence-electron chi connectivity index (χ3n) is 3.64. The Bertz CT molecular complexity index is 886. The lowest BCUT2D eigenvalue weighted by atomic mass is 10.0. The lowest BCUT2D eigenvalue weighted by molar-refractivity contribution is -0.120. The van der Waals surface area contributed by atoms with Gasteiger partial charge in [-0.15, -0.1) is 10.2 Å². The van der Waals surface area contributed by atoms with Crippen molar-refractivity contribution in [3.8, 4) is 0 Å². The smallest absolute Gasteiger partial charge is 0.232 e. The van der Waals surface area contributed by atoms with Crippen LogP contribution in [0.15, 0.2) is 18.2 Å². The highest BCUT2D eigenvalue weighted by Crippen LogP contribution is 2.34. The van der Waals surface area contributed by atoms with Gasteiger partial charge < -0.3 is 10.2 Å². The van der Waals surface area contributed by atoms with Gasteiger partial charge in [0.1, 0.15) is 16.3 Å². The molecule has 0 saturated carbocycles. The summed E-state index contributed by atoms with van der Waals surface area (Å²) in [6.45, 7) is 2.99. The molecule has 0 radical (unpaired) electrons. The number of hydrogen-bond acceptors (Lipinski definition) is 7. The number of fused-ring (bicyclic) bond motifs is 1. The molecule has 2 aromatic heterocycles. The Morgan fingerprint density at radius 3 is 2.87 bits per heavy atom. The number of halogens is 1.